The number of aliphatic hydroxyl groups is 2. The topological polar surface area (TPSA) is 95.9 Å². The summed E-state index contributed by atoms with van der Waals surface area (Å²) in [7, 11) is 0. The molecule has 3 N–H and O–H groups in total. The summed E-state index contributed by atoms with van der Waals surface area (Å²) in [6.45, 7) is 4.91. The maximum absolute atomic E-state index is 12.5. The van der Waals surface area contributed by atoms with Crippen molar-refractivity contribution in [2.24, 2.45) is 0 Å². The lowest BCUT2D eigenvalue weighted by atomic mass is 10.0. The van der Waals surface area contributed by atoms with Crippen LogP contribution in [0, 0.1) is 0 Å². The van der Waals surface area contributed by atoms with Crippen molar-refractivity contribution >= 4 is 11.9 Å². The zero-order chi connectivity index (χ0) is 55.0. The Hall–Kier alpha value is -1.66. The lowest BCUT2D eigenvalue weighted by Gasteiger charge is -2.20. The molecule has 2 unspecified atom stereocenters. The van der Waals surface area contributed by atoms with Gasteiger partial charge in [0.2, 0.25) is 5.91 Å². The zero-order valence-corrected chi connectivity index (χ0v) is 51.5. The van der Waals surface area contributed by atoms with Crippen LogP contribution < -0.4 is 5.32 Å². The Morgan fingerprint density at radius 3 is 0.961 bits per heavy atom. The molecule has 0 saturated heterocycles. The van der Waals surface area contributed by atoms with Gasteiger partial charge in [-0.05, 0) is 57.8 Å². The zero-order valence-electron chi connectivity index (χ0n) is 51.5. The number of hydrogen-bond donors (Lipinski definition) is 3. The first kappa shape index (κ1) is 74.3. The highest BCUT2D eigenvalue weighted by molar-refractivity contribution is 5.76. The highest BCUT2D eigenvalue weighted by atomic mass is 16.5. The van der Waals surface area contributed by atoms with E-state index < -0.39 is 12.1 Å². The molecule has 0 rings (SSSR count). The van der Waals surface area contributed by atoms with Crippen LogP contribution in [0.1, 0.15) is 386 Å². The van der Waals surface area contributed by atoms with Crippen LogP contribution in [0.2, 0.25) is 0 Å². The fraction of sp³-hybridized carbons (Fsp3) is 0.914. The second-order valence-corrected chi connectivity index (χ2v) is 23.9. The molecule has 0 bridgehead atoms. The van der Waals surface area contributed by atoms with Crippen LogP contribution in [0.25, 0.3) is 0 Å². The second kappa shape index (κ2) is 65.9. The highest BCUT2D eigenvalue weighted by Crippen LogP contribution is 2.19. The molecule has 0 heterocycles. The van der Waals surface area contributed by atoms with Gasteiger partial charge in [0, 0.05) is 12.8 Å². The fourth-order valence-electron chi connectivity index (χ4n) is 10.9. The number of rotatable bonds is 65. The second-order valence-electron chi connectivity index (χ2n) is 23.9. The number of allylic oxidation sites excluding steroid dienone is 3. The molecule has 0 radical (unpaired) electrons. The molecular weight excluding hydrogens is 935 g/mol. The standard InChI is InChI=1S/C70H135NO5/c1-3-5-7-9-11-13-15-17-18-19-20-21-24-27-30-33-36-39-42-46-50-54-58-62-68(73)67(66-72)71-69(74)63-59-55-51-47-43-40-37-34-31-28-25-22-23-26-29-32-35-38-41-45-49-53-57-61-65-76-70(75)64-60-56-52-48-44-16-14-12-10-8-6-4-2/h12,14,58,62,67-68,72-73H,3-11,13,15-57,59-61,63-66H2,1-2H3,(H,71,74)/b14-12-,62-58+. The molecule has 76 heavy (non-hydrogen) atoms. The van der Waals surface area contributed by atoms with Gasteiger partial charge in [0.25, 0.3) is 0 Å². The first-order valence-electron chi connectivity index (χ1n) is 34.6. The van der Waals surface area contributed by atoms with E-state index in [4.69, 9.17) is 4.74 Å². The summed E-state index contributed by atoms with van der Waals surface area (Å²) in [6, 6.07) is -0.628. The van der Waals surface area contributed by atoms with Gasteiger partial charge in [-0.3, -0.25) is 9.59 Å². The Bertz CT molecular complexity index is 1190. The molecule has 0 aromatic rings. The van der Waals surface area contributed by atoms with E-state index >= 15 is 0 Å². The lowest BCUT2D eigenvalue weighted by molar-refractivity contribution is -0.143. The minimum absolute atomic E-state index is 0.00553. The molecule has 0 aromatic carbocycles. The molecule has 6 heteroatoms. The van der Waals surface area contributed by atoms with Gasteiger partial charge >= 0.3 is 5.97 Å². The van der Waals surface area contributed by atoms with E-state index in [1.807, 2.05) is 6.08 Å². The molecule has 0 aliphatic carbocycles. The van der Waals surface area contributed by atoms with Gasteiger partial charge in [-0.1, -0.05) is 340 Å². The Morgan fingerprint density at radius 1 is 0.355 bits per heavy atom. The highest BCUT2D eigenvalue weighted by Gasteiger charge is 2.18. The normalized spacial score (nSPS) is 12.6. The van der Waals surface area contributed by atoms with Crippen molar-refractivity contribution in [2.45, 2.75) is 398 Å². The summed E-state index contributed by atoms with van der Waals surface area (Å²) in [4.78, 5) is 24.5. The Kier molecular flexibility index (Phi) is 64.4. The van der Waals surface area contributed by atoms with Gasteiger partial charge in [0.1, 0.15) is 0 Å². The number of amides is 1. The number of aliphatic hydroxyl groups excluding tert-OH is 2. The van der Waals surface area contributed by atoms with Crippen LogP contribution in [0.4, 0.5) is 0 Å². The van der Waals surface area contributed by atoms with Crippen molar-refractivity contribution in [3.63, 3.8) is 0 Å². The number of esters is 1. The van der Waals surface area contributed by atoms with Gasteiger partial charge in [0.05, 0.1) is 25.4 Å². The maximum Gasteiger partial charge on any atom is 0.305 e. The maximum atomic E-state index is 12.5. The molecule has 0 fully saturated rings. The Labute approximate surface area is 475 Å². The van der Waals surface area contributed by atoms with Crippen LogP contribution in [-0.2, 0) is 14.3 Å². The molecule has 0 aliphatic rings. The first-order valence-corrected chi connectivity index (χ1v) is 34.6. The number of carbonyl (C=O) groups is 2. The minimum atomic E-state index is -0.845. The van der Waals surface area contributed by atoms with Crippen molar-refractivity contribution < 1.29 is 24.5 Å². The molecule has 0 saturated carbocycles. The van der Waals surface area contributed by atoms with E-state index in [0.29, 0.717) is 19.4 Å². The third-order valence-corrected chi connectivity index (χ3v) is 16.2. The van der Waals surface area contributed by atoms with E-state index in [2.05, 4.69) is 31.3 Å². The van der Waals surface area contributed by atoms with E-state index in [1.165, 1.54) is 315 Å². The van der Waals surface area contributed by atoms with Crippen LogP contribution in [-0.4, -0.2) is 47.4 Å². The first-order chi connectivity index (χ1) is 37.5. The number of ether oxygens (including phenoxy) is 1. The summed E-state index contributed by atoms with van der Waals surface area (Å²) in [6.07, 6.45) is 82.5. The predicted octanol–water partition coefficient (Wildman–Crippen LogP) is 22.1. The van der Waals surface area contributed by atoms with Crippen LogP contribution in [0.3, 0.4) is 0 Å². The molecule has 0 aliphatic heterocycles. The third-order valence-electron chi connectivity index (χ3n) is 16.2. The fourth-order valence-corrected chi connectivity index (χ4v) is 10.9. The van der Waals surface area contributed by atoms with Crippen molar-refractivity contribution in [3.8, 4) is 0 Å². The van der Waals surface area contributed by atoms with Gasteiger partial charge in [-0.2, -0.15) is 0 Å². The van der Waals surface area contributed by atoms with Crippen molar-refractivity contribution in [1.82, 2.24) is 5.32 Å². The molecular formula is C70H135NO5. The SMILES string of the molecule is CCCCC/C=C\CCCCCCCC(=O)OCCCCCCCCCCCCCCCCCCCCCCCCCCC(=O)NC(CO)C(O)/C=C/CCCCCCCCCCCCCCCCCCCCCCC. The van der Waals surface area contributed by atoms with Gasteiger partial charge < -0.3 is 20.3 Å². The lowest BCUT2D eigenvalue weighted by Crippen LogP contribution is -2.45. The van der Waals surface area contributed by atoms with E-state index in [9.17, 15) is 19.8 Å². The molecule has 2 atom stereocenters. The van der Waals surface area contributed by atoms with Crippen molar-refractivity contribution in [3.05, 3.63) is 24.3 Å². The predicted molar refractivity (Wildman–Crippen MR) is 333 cm³/mol. The quantitative estimate of drug-likeness (QED) is 0.0320. The molecule has 0 aromatic heterocycles. The number of unbranched alkanes of at least 4 members (excludes halogenated alkanes) is 52. The number of hydrogen-bond acceptors (Lipinski definition) is 5. The van der Waals surface area contributed by atoms with Gasteiger partial charge in [0.15, 0.2) is 0 Å². The smallest absolute Gasteiger partial charge is 0.305 e. The summed E-state index contributed by atoms with van der Waals surface area (Å²) in [5, 5.41) is 23.3. The van der Waals surface area contributed by atoms with Crippen LogP contribution in [0.5, 0.6) is 0 Å². The largest absolute Gasteiger partial charge is 0.466 e. The number of carbonyl (C=O) groups excluding carboxylic acids is 2. The Morgan fingerprint density at radius 2 is 0.618 bits per heavy atom. The van der Waals surface area contributed by atoms with Crippen molar-refractivity contribution in [1.29, 1.82) is 0 Å². The average Bonchev–Trinajstić information content (AvgIpc) is 3.42. The monoisotopic (exact) mass is 1070 g/mol. The average molecular weight is 1070 g/mol. The Balaban J connectivity index is 3.40. The van der Waals surface area contributed by atoms with Crippen molar-refractivity contribution in [2.75, 3.05) is 13.2 Å². The van der Waals surface area contributed by atoms with Crippen LogP contribution in [0.15, 0.2) is 24.3 Å². The summed E-state index contributed by atoms with van der Waals surface area (Å²) in [5.74, 6) is -0.0571. The number of nitrogens with one attached hydrogen (secondary N) is 1. The molecule has 0 spiro atoms. The van der Waals surface area contributed by atoms with Gasteiger partial charge in [-0.25, -0.2) is 0 Å². The minimum Gasteiger partial charge on any atom is -0.466 e. The van der Waals surface area contributed by atoms with Gasteiger partial charge in [-0.15, -0.1) is 0 Å². The van der Waals surface area contributed by atoms with E-state index in [-0.39, 0.29) is 18.5 Å². The molecule has 450 valence electrons. The summed E-state index contributed by atoms with van der Waals surface area (Å²) >= 11 is 0. The molecule has 1 amide bonds. The van der Waals surface area contributed by atoms with Crippen LogP contribution >= 0.6 is 0 Å². The summed E-state index contributed by atoms with van der Waals surface area (Å²) < 4.78 is 5.47. The third kappa shape index (κ3) is 61.6. The molecule has 6 nitrogen and oxygen atoms in total. The van der Waals surface area contributed by atoms with E-state index in [0.717, 1.165) is 44.9 Å². The van der Waals surface area contributed by atoms with E-state index in [1.54, 1.807) is 6.08 Å². The summed E-state index contributed by atoms with van der Waals surface area (Å²) in [5.41, 5.74) is 0.